The molecule has 0 aliphatic carbocycles. The summed E-state index contributed by atoms with van der Waals surface area (Å²) in [4.78, 5) is 6.49. The highest BCUT2D eigenvalue weighted by molar-refractivity contribution is 5.66. The Morgan fingerprint density at radius 2 is 1.70 bits per heavy atom. The van der Waals surface area contributed by atoms with E-state index in [-0.39, 0.29) is 0 Å². The lowest BCUT2D eigenvalue weighted by Gasteiger charge is -2.29. The summed E-state index contributed by atoms with van der Waals surface area (Å²) in [6.07, 6.45) is 1.75. The molecule has 1 aromatic carbocycles. The summed E-state index contributed by atoms with van der Waals surface area (Å²) >= 11 is 0. The summed E-state index contributed by atoms with van der Waals surface area (Å²) in [6, 6.07) is 14.2. The van der Waals surface area contributed by atoms with Crippen LogP contribution in [-0.4, -0.2) is 31.2 Å². The second kappa shape index (κ2) is 5.72. The van der Waals surface area contributed by atoms with Crippen LogP contribution in [0.4, 0.5) is 5.69 Å². The summed E-state index contributed by atoms with van der Waals surface area (Å²) in [5, 5.41) is 12.1. The van der Waals surface area contributed by atoms with Gasteiger partial charge in [0.05, 0.1) is 0 Å². The molecule has 100 valence electrons. The molecule has 1 aliphatic rings. The minimum absolute atomic E-state index is 0.450. The summed E-state index contributed by atoms with van der Waals surface area (Å²) in [6.45, 7) is 4.19. The summed E-state index contributed by atoms with van der Waals surface area (Å²) in [5.74, 6) is 0. The van der Waals surface area contributed by atoms with Gasteiger partial charge in [-0.2, -0.15) is 5.26 Å². The van der Waals surface area contributed by atoms with E-state index >= 15 is 0 Å². The molecule has 0 unspecified atom stereocenters. The molecular weight excluding hydrogens is 248 g/mol. The van der Waals surface area contributed by atoms with Gasteiger partial charge in [0.25, 0.3) is 0 Å². The highest BCUT2D eigenvalue weighted by atomic mass is 15.2. The molecule has 0 spiro atoms. The molecule has 1 fully saturated rings. The normalized spacial score (nSPS) is 14.8. The van der Waals surface area contributed by atoms with Crippen LogP contribution in [0.2, 0.25) is 0 Å². The molecule has 4 nitrogen and oxygen atoms in total. The molecule has 2 heterocycles. The molecule has 0 bridgehead atoms. The molecule has 0 atom stereocenters. The van der Waals surface area contributed by atoms with Gasteiger partial charge < -0.3 is 10.2 Å². The van der Waals surface area contributed by atoms with Gasteiger partial charge in [-0.1, -0.05) is 12.1 Å². The molecular formula is C16H16N4. The molecule has 0 radical (unpaired) electrons. The van der Waals surface area contributed by atoms with E-state index < -0.39 is 0 Å². The van der Waals surface area contributed by atoms with Crippen LogP contribution in [0, 0.1) is 11.3 Å². The number of nitrogens with one attached hydrogen (secondary N) is 1. The summed E-state index contributed by atoms with van der Waals surface area (Å²) < 4.78 is 0. The van der Waals surface area contributed by atoms with Crippen molar-refractivity contribution in [1.29, 1.82) is 5.26 Å². The second-order valence-electron chi connectivity index (χ2n) is 4.83. The molecule has 3 rings (SSSR count). The van der Waals surface area contributed by atoms with E-state index in [0.717, 1.165) is 37.3 Å². The standard InChI is InChI=1S/C16H16N4/c17-11-15-4-1-14(12-19-15)13-2-5-16(6-3-13)20-9-7-18-8-10-20/h1-6,12,18H,7-10H2. The van der Waals surface area contributed by atoms with Crippen LogP contribution in [0.3, 0.4) is 0 Å². The third kappa shape index (κ3) is 2.63. The van der Waals surface area contributed by atoms with Gasteiger partial charge in [0.1, 0.15) is 11.8 Å². The van der Waals surface area contributed by atoms with E-state index in [4.69, 9.17) is 5.26 Å². The molecule has 0 amide bonds. The average molecular weight is 264 g/mol. The van der Waals surface area contributed by atoms with Crippen molar-refractivity contribution in [2.45, 2.75) is 0 Å². The minimum Gasteiger partial charge on any atom is -0.369 e. The van der Waals surface area contributed by atoms with E-state index in [0.29, 0.717) is 5.69 Å². The number of nitrogens with zero attached hydrogens (tertiary/aromatic N) is 3. The van der Waals surface area contributed by atoms with E-state index in [1.165, 1.54) is 5.69 Å². The van der Waals surface area contributed by atoms with Gasteiger partial charge in [0.2, 0.25) is 0 Å². The average Bonchev–Trinajstić information content (AvgIpc) is 2.56. The topological polar surface area (TPSA) is 52.0 Å². The number of aromatic nitrogens is 1. The van der Waals surface area contributed by atoms with Crippen LogP contribution in [0.1, 0.15) is 5.69 Å². The van der Waals surface area contributed by atoms with Crippen molar-refractivity contribution in [3.8, 4) is 17.2 Å². The monoisotopic (exact) mass is 264 g/mol. The van der Waals surface area contributed by atoms with Crippen LogP contribution < -0.4 is 10.2 Å². The van der Waals surface area contributed by atoms with Gasteiger partial charge in [-0.3, -0.25) is 0 Å². The summed E-state index contributed by atoms with van der Waals surface area (Å²) in [5.41, 5.74) is 3.87. The number of hydrogen-bond donors (Lipinski definition) is 1. The Labute approximate surface area is 118 Å². The Morgan fingerprint density at radius 1 is 1.00 bits per heavy atom. The molecule has 4 heteroatoms. The first kappa shape index (κ1) is 12.6. The highest BCUT2D eigenvalue weighted by Crippen LogP contribution is 2.23. The fourth-order valence-corrected chi connectivity index (χ4v) is 2.42. The highest BCUT2D eigenvalue weighted by Gasteiger charge is 2.10. The maximum Gasteiger partial charge on any atom is 0.140 e. The van der Waals surface area contributed by atoms with Crippen LogP contribution in [-0.2, 0) is 0 Å². The largest absolute Gasteiger partial charge is 0.369 e. The molecule has 1 saturated heterocycles. The molecule has 20 heavy (non-hydrogen) atoms. The maximum atomic E-state index is 8.76. The smallest absolute Gasteiger partial charge is 0.140 e. The van der Waals surface area contributed by atoms with Crippen LogP contribution in [0.25, 0.3) is 11.1 Å². The fourth-order valence-electron chi connectivity index (χ4n) is 2.42. The lowest BCUT2D eigenvalue weighted by atomic mass is 10.1. The first-order valence-electron chi connectivity index (χ1n) is 6.79. The Morgan fingerprint density at radius 3 is 2.30 bits per heavy atom. The molecule has 1 aliphatic heterocycles. The van der Waals surface area contributed by atoms with Gasteiger partial charge in [-0.25, -0.2) is 4.98 Å². The van der Waals surface area contributed by atoms with Crippen molar-refractivity contribution in [3.63, 3.8) is 0 Å². The zero-order valence-electron chi connectivity index (χ0n) is 11.2. The third-order valence-corrected chi connectivity index (χ3v) is 3.56. The number of pyridine rings is 1. The van der Waals surface area contributed by atoms with Crippen LogP contribution in [0.15, 0.2) is 42.6 Å². The number of piperazine rings is 1. The van der Waals surface area contributed by atoms with Gasteiger partial charge in [-0.05, 0) is 29.8 Å². The van der Waals surface area contributed by atoms with E-state index in [9.17, 15) is 0 Å². The van der Waals surface area contributed by atoms with E-state index in [1.54, 1.807) is 12.3 Å². The van der Waals surface area contributed by atoms with Crippen molar-refractivity contribution in [2.75, 3.05) is 31.1 Å². The zero-order chi connectivity index (χ0) is 13.8. The molecule has 1 N–H and O–H groups in total. The lowest BCUT2D eigenvalue weighted by Crippen LogP contribution is -2.43. The predicted octanol–water partition coefficient (Wildman–Crippen LogP) is 2.03. The number of hydrogen-bond acceptors (Lipinski definition) is 4. The van der Waals surface area contributed by atoms with Crippen molar-refractivity contribution >= 4 is 5.69 Å². The number of rotatable bonds is 2. The first-order valence-corrected chi connectivity index (χ1v) is 6.79. The number of benzene rings is 1. The Balaban J connectivity index is 1.79. The van der Waals surface area contributed by atoms with Crippen molar-refractivity contribution < 1.29 is 0 Å². The summed E-state index contributed by atoms with van der Waals surface area (Å²) in [7, 11) is 0. The molecule has 0 saturated carbocycles. The quantitative estimate of drug-likeness (QED) is 0.901. The van der Waals surface area contributed by atoms with Crippen LogP contribution in [0.5, 0.6) is 0 Å². The maximum absolute atomic E-state index is 8.76. The number of anilines is 1. The van der Waals surface area contributed by atoms with Crippen LogP contribution >= 0.6 is 0 Å². The first-order chi connectivity index (χ1) is 9.86. The minimum atomic E-state index is 0.450. The third-order valence-electron chi connectivity index (χ3n) is 3.56. The fraction of sp³-hybridized carbons (Fsp3) is 0.250. The van der Waals surface area contributed by atoms with Crippen molar-refractivity contribution in [1.82, 2.24) is 10.3 Å². The second-order valence-corrected chi connectivity index (χ2v) is 4.83. The van der Waals surface area contributed by atoms with Crippen molar-refractivity contribution in [3.05, 3.63) is 48.3 Å². The van der Waals surface area contributed by atoms with Gasteiger partial charge in [0, 0.05) is 43.6 Å². The zero-order valence-corrected chi connectivity index (χ0v) is 11.2. The van der Waals surface area contributed by atoms with Gasteiger partial charge in [0.15, 0.2) is 0 Å². The van der Waals surface area contributed by atoms with E-state index in [2.05, 4.69) is 39.5 Å². The Bertz CT molecular complexity index is 604. The lowest BCUT2D eigenvalue weighted by molar-refractivity contribution is 0.589. The molecule has 2 aromatic rings. The van der Waals surface area contributed by atoms with Gasteiger partial charge >= 0.3 is 0 Å². The number of nitriles is 1. The Hall–Kier alpha value is -2.38. The predicted molar refractivity (Wildman–Crippen MR) is 79.5 cm³/mol. The SMILES string of the molecule is N#Cc1ccc(-c2ccc(N3CCNCC3)cc2)cn1. The Kier molecular flexibility index (Phi) is 3.62. The van der Waals surface area contributed by atoms with E-state index in [1.807, 2.05) is 12.1 Å². The molecule has 1 aromatic heterocycles. The van der Waals surface area contributed by atoms with Gasteiger partial charge in [-0.15, -0.1) is 0 Å². The van der Waals surface area contributed by atoms with Crippen molar-refractivity contribution in [2.24, 2.45) is 0 Å².